The predicted molar refractivity (Wildman–Crippen MR) is 108 cm³/mol. The molecule has 0 bridgehead atoms. The van der Waals surface area contributed by atoms with Crippen LogP contribution >= 0.6 is 0 Å². The van der Waals surface area contributed by atoms with Crippen molar-refractivity contribution in [3.8, 4) is 5.75 Å². The number of hydrogen-bond donors (Lipinski definition) is 2. The van der Waals surface area contributed by atoms with Crippen molar-refractivity contribution >= 4 is 11.8 Å². The van der Waals surface area contributed by atoms with Crippen LogP contribution in [-0.4, -0.2) is 51.9 Å². The van der Waals surface area contributed by atoms with Gasteiger partial charge in [-0.25, -0.2) is 9.37 Å². The van der Waals surface area contributed by atoms with Crippen molar-refractivity contribution < 1.29 is 18.7 Å². The normalized spacial score (nSPS) is 15.7. The van der Waals surface area contributed by atoms with Crippen molar-refractivity contribution in [1.29, 1.82) is 0 Å². The van der Waals surface area contributed by atoms with Crippen LogP contribution in [0, 0.1) is 11.7 Å². The van der Waals surface area contributed by atoms with Gasteiger partial charge in [-0.1, -0.05) is 13.8 Å². The number of nitrogens with zero attached hydrogens (tertiary/aromatic N) is 2. The molecule has 1 saturated heterocycles. The molecule has 2 amide bonds. The van der Waals surface area contributed by atoms with Gasteiger partial charge in [-0.05, 0) is 30.2 Å². The first-order valence-corrected chi connectivity index (χ1v) is 9.90. The van der Waals surface area contributed by atoms with Crippen LogP contribution in [0.2, 0.25) is 0 Å². The van der Waals surface area contributed by atoms with Crippen LogP contribution in [0.5, 0.6) is 5.75 Å². The summed E-state index contributed by atoms with van der Waals surface area (Å²) in [5.41, 5.74) is -0.883. The van der Waals surface area contributed by atoms with Crippen LogP contribution in [-0.2, 0) is 4.79 Å². The average Bonchev–Trinajstić information content (AvgIpc) is 2.73. The van der Waals surface area contributed by atoms with Gasteiger partial charge in [0.05, 0.1) is 0 Å². The lowest BCUT2D eigenvalue weighted by Gasteiger charge is -2.35. The number of nitrogens with one attached hydrogen (secondary N) is 2. The summed E-state index contributed by atoms with van der Waals surface area (Å²) >= 11 is 0. The number of aromatic amines is 1. The summed E-state index contributed by atoms with van der Waals surface area (Å²) in [6, 6.07) is 5.08. The Morgan fingerprint density at radius 3 is 2.50 bits per heavy atom. The number of ether oxygens (including phenoxy) is 1. The van der Waals surface area contributed by atoms with Gasteiger partial charge in [-0.15, -0.1) is 0 Å². The molecule has 2 N–H and O–H groups in total. The molecule has 9 heteroatoms. The average molecular weight is 416 g/mol. The van der Waals surface area contributed by atoms with Gasteiger partial charge in [0.1, 0.15) is 23.7 Å². The summed E-state index contributed by atoms with van der Waals surface area (Å²) in [4.78, 5) is 45.1. The fourth-order valence-corrected chi connectivity index (χ4v) is 3.33. The number of halogens is 1. The Morgan fingerprint density at radius 1 is 1.23 bits per heavy atom. The summed E-state index contributed by atoms with van der Waals surface area (Å²) in [6.07, 6.45) is 3.83. The molecule has 30 heavy (non-hydrogen) atoms. The van der Waals surface area contributed by atoms with Crippen molar-refractivity contribution in [2.24, 2.45) is 5.92 Å². The first kappa shape index (κ1) is 21.5. The molecule has 1 aromatic carbocycles. The Morgan fingerprint density at radius 2 is 1.90 bits per heavy atom. The molecule has 0 spiro atoms. The third-order valence-electron chi connectivity index (χ3n) is 5.01. The lowest BCUT2D eigenvalue weighted by atomic mass is 10.00. The van der Waals surface area contributed by atoms with Crippen LogP contribution in [0.15, 0.2) is 41.5 Å². The highest BCUT2D eigenvalue weighted by molar-refractivity contribution is 5.95. The number of rotatable bonds is 6. The number of benzene rings is 1. The van der Waals surface area contributed by atoms with E-state index in [4.69, 9.17) is 4.74 Å². The maximum atomic E-state index is 13.0. The molecule has 0 aliphatic carbocycles. The third-order valence-corrected chi connectivity index (χ3v) is 5.01. The van der Waals surface area contributed by atoms with E-state index in [1.54, 1.807) is 17.0 Å². The minimum Gasteiger partial charge on any atom is -0.490 e. The zero-order chi connectivity index (χ0) is 21.7. The molecule has 3 rings (SSSR count). The van der Waals surface area contributed by atoms with E-state index in [1.165, 1.54) is 24.5 Å². The lowest BCUT2D eigenvalue weighted by molar-refractivity contribution is -0.136. The van der Waals surface area contributed by atoms with Gasteiger partial charge in [-0.2, -0.15) is 0 Å². The SMILES string of the molecule is CC(C)[C@H](NC(=O)c1ncc[nH]c1=O)C(=O)N1CCC(Oc2ccc(F)cc2)CC1. The second kappa shape index (κ2) is 9.51. The predicted octanol–water partition coefficient (Wildman–Crippen LogP) is 1.73. The van der Waals surface area contributed by atoms with E-state index in [0.29, 0.717) is 31.7 Å². The van der Waals surface area contributed by atoms with E-state index < -0.39 is 17.5 Å². The van der Waals surface area contributed by atoms with Crippen molar-refractivity contribution in [3.63, 3.8) is 0 Å². The lowest BCUT2D eigenvalue weighted by Crippen LogP contribution is -2.54. The van der Waals surface area contributed by atoms with Crippen molar-refractivity contribution in [1.82, 2.24) is 20.2 Å². The second-order valence-electron chi connectivity index (χ2n) is 7.56. The summed E-state index contributed by atoms with van der Waals surface area (Å²) in [5, 5.41) is 2.65. The van der Waals surface area contributed by atoms with Gasteiger partial charge in [0, 0.05) is 38.3 Å². The topological polar surface area (TPSA) is 104 Å². The number of amides is 2. The van der Waals surface area contributed by atoms with Crippen LogP contribution in [0.4, 0.5) is 4.39 Å². The largest absolute Gasteiger partial charge is 0.490 e. The highest BCUT2D eigenvalue weighted by atomic mass is 19.1. The molecule has 2 heterocycles. The van der Waals surface area contributed by atoms with Gasteiger partial charge in [0.25, 0.3) is 11.5 Å². The molecule has 8 nitrogen and oxygen atoms in total. The van der Waals surface area contributed by atoms with Crippen LogP contribution in [0.1, 0.15) is 37.2 Å². The highest BCUT2D eigenvalue weighted by Gasteiger charge is 2.32. The van der Waals surface area contributed by atoms with E-state index in [2.05, 4.69) is 15.3 Å². The van der Waals surface area contributed by atoms with Gasteiger partial charge in [0.2, 0.25) is 5.91 Å². The van der Waals surface area contributed by atoms with Gasteiger partial charge in [0.15, 0.2) is 5.69 Å². The Kier molecular flexibility index (Phi) is 6.81. The standard InChI is InChI=1S/C21H25FN4O4/c1-13(2)17(25-20(28)18-19(27)24-10-9-23-18)21(29)26-11-7-16(8-12-26)30-15-5-3-14(22)4-6-15/h3-6,9-10,13,16-17H,7-8,11-12H2,1-2H3,(H,24,27)(H,25,28)/t17-/m0/s1. The molecule has 0 saturated carbocycles. The van der Waals surface area contributed by atoms with E-state index >= 15 is 0 Å². The zero-order valence-electron chi connectivity index (χ0n) is 16.9. The van der Waals surface area contributed by atoms with Gasteiger partial charge >= 0.3 is 0 Å². The number of likely N-dealkylation sites (tertiary alicyclic amines) is 1. The van der Waals surface area contributed by atoms with Gasteiger partial charge < -0.3 is 19.9 Å². The number of piperidine rings is 1. The van der Waals surface area contributed by atoms with Crippen LogP contribution < -0.4 is 15.6 Å². The maximum Gasteiger partial charge on any atom is 0.279 e. The number of aromatic nitrogens is 2. The summed E-state index contributed by atoms with van der Waals surface area (Å²) in [5.74, 6) is -0.784. The summed E-state index contributed by atoms with van der Waals surface area (Å²) in [7, 11) is 0. The van der Waals surface area contributed by atoms with Crippen LogP contribution in [0.3, 0.4) is 0 Å². The first-order valence-electron chi connectivity index (χ1n) is 9.90. The Labute approximate surface area is 173 Å². The minimum atomic E-state index is -0.770. The molecule has 1 fully saturated rings. The molecule has 0 unspecified atom stereocenters. The number of carbonyl (C=O) groups is 2. The Hall–Kier alpha value is -3.23. The number of H-pyrrole nitrogens is 1. The minimum absolute atomic E-state index is 0.0707. The smallest absolute Gasteiger partial charge is 0.279 e. The molecule has 0 radical (unpaired) electrons. The second-order valence-corrected chi connectivity index (χ2v) is 7.56. The van der Waals surface area contributed by atoms with Crippen molar-refractivity contribution in [2.45, 2.75) is 38.8 Å². The first-order chi connectivity index (χ1) is 14.3. The Bertz CT molecular complexity index is 937. The molecule has 1 aliphatic rings. The third kappa shape index (κ3) is 5.22. The molecular weight excluding hydrogens is 391 g/mol. The molecule has 1 aromatic heterocycles. The number of hydrogen-bond acceptors (Lipinski definition) is 5. The molecule has 160 valence electrons. The zero-order valence-corrected chi connectivity index (χ0v) is 16.9. The highest BCUT2D eigenvalue weighted by Crippen LogP contribution is 2.20. The quantitative estimate of drug-likeness (QED) is 0.746. The Balaban J connectivity index is 1.58. The monoisotopic (exact) mass is 416 g/mol. The fourth-order valence-electron chi connectivity index (χ4n) is 3.33. The van der Waals surface area contributed by atoms with Crippen molar-refractivity contribution in [2.75, 3.05) is 13.1 Å². The molecule has 1 aliphatic heterocycles. The van der Waals surface area contributed by atoms with Crippen molar-refractivity contribution in [3.05, 3.63) is 58.5 Å². The van der Waals surface area contributed by atoms with Gasteiger partial charge in [-0.3, -0.25) is 14.4 Å². The van der Waals surface area contributed by atoms with Crippen LogP contribution in [0.25, 0.3) is 0 Å². The molecule has 2 aromatic rings. The molecular formula is C21H25FN4O4. The molecule has 1 atom stereocenters. The fraction of sp³-hybridized carbons (Fsp3) is 0.429. The van der Waals surface area contributed by atoms with E-state index in [9.17, 15) is 18.8 Å². The summed E-state index contributed by atoms with van der Waals surface area (Å²) in [6.45, 7) is 4.62. The van der Waals surface area contributed by atoms with E-state index in [-0.39, 0.29) is 29.4 Å². The van der Waals surface area contributed by atoms with E-state index in [0.717, 1.165) is 0 Å². The maximum absolute atomic E-state index is 13.0. The summed E-state index contributed by atoms with van der Waals surface area (Å²) < 4.78 is 18.9. The number of carbonyl (C=O) groups excluding carboxylic acids is 2. The van der Waals surface area contributed by atoms with E-state index in [1.807, 2.05) is 13.8 Å².